The summed E-state index contributed by atoms with van der Waals surface area (Å²) in [5.74, 6) is 0. The van der Waals surface area contributed by atoms with Crippen LogP contribution in [0.25, 0.3) is 0 Å². The first-order valence-corrected chi connectivity index (χ1v) is 8.70. The third-order valence-electron chi connectivity index (χ3n) is 4.31. The third kappa shape index (κ3) is 3.34. The van der Waals surface area contributed by atoms with Gasteiger partial charge in [-0.25, -0.2) is 4.98 Å². The van der Waals surface area contributed by atoms with Crippen LogP contribution in [-0.2, 0) is 26.1 Å². The molecule has 1 aliphatic carbocycles. The minimum Gasteiger partial charge on any atom is -0.308 e. The normalized spacial score (nSPS) is 18.7. The van der Waals surface area contributed by atoms with Crippen molar-refractivity contribution >= 4 is 11.3 Å². The summed E-state index contributed by atoms with van der Waals surface area (Å²) >= 11 is 1.79. The lowest BCUT2D eigenvalue weighted by molar-refractivity contribution is 0.243. The maximum absolute atomic E-state index is 4.77. The van der Waals surface area contributed by atoms with Gasteiger partial charge in [0.05, 0.1) is 5.69 Å². The predicted octanol–water partition coefficient (Wildman–Crippen LogP) is 2.95. The van der Waals surface area contributed by atoms with Crippen LogP contribution in [0.2, 0.25) is 0 Å². The molecule has 3 nitrogen and oxygen atoms in total. The Morgan fingerprint density at radius 3 is 2.95 bits per heavy atom. The summed E-state index contributed by atoms with van der Waals surface area (Å²) < 4.78 is 0. The largest absolute Gasteiger partial charge is 0.308 e. The van der Waals surface area contributed by atoms with E-state index in [4.69, 9.17) is 4.98 Å². The number of thiazole rings is 1. The summed E-state index contributed by atoms with van der Waals surface area (Å²) in [6.45, 7) is 4.12. The zero-order valence-electron chi connectivity index (χ0n) is 12.2. The molecule has 0 bridgehead atoms. The maximum Gasteiger partial charge on any atom is 0.107 e. The molecule has 1 aromatic carbocycles. The highest BCUT2D eigenvalue weighted by Gasteiger charge is 2.21. The molecule has 1 aromatic heterocycles. The van der Waals surface area contributed by atoms with E-state index in [1.54, 1.807) is 11.3 Å². The fourth-order valence-electron chi connectivity index (χ4n) is 2.94. The molecule has 1 aliphatic heterocycles. The van der Waals surface area contributed by atoms with Crippen molar-refractivity contribution in [2.24, 2.45) is 0 Å². The number of nitrogens with one attached hydrogen (secondary N) is 1. The standard InChI is InChI=1S/C17H21N3S/c1-2-4-14-10-20(8-7-13(14)3-1)11-16-12-21-17(19-16)9-18-15-5-6-15/h1-4,12,15,18H,5-11H2. The number of benzene rings is 1. The fourth-order valence-corrected chi connectivity index (χ4v) is 3.68. The van der Waals surface area contributed by atoms with Gasteiger partial charge in [-0.15, -0.1) is 11.3 Å². The highest BCUT2D eigenvalue weighted by molar-refractivity contribution is 7.09. The first-order chi connectivity index (χ1) is 10.4. The predicted molar refractivity (Wildman–Crippen MR) is 86.2 cm³/mol. The van der Waals surface area contributed by atoms with E-state index in [1.807, 2.05) is 0 Å². The molecule has 2 heterocycles. The molecule has 110 valence electrons. The smallest absolute Gasteiger partial charge is 0.107 e. The number of aromatic nitrogens is 1. The van der Waals surface area contributed by atoms with Gasteiger partial charge in [0.1, 0.15) is 5.01 Å². The van der Waals surface area contributed by atoms with E-state index in [0.29, 0.717) is 0 Å². The lowest BCUT2D eigenvalue weighted by atomic mass is 10.00. The first-order valence-electron chi connectivity index (χ1n) is 7.82. The number of rotatable bonds is 5. The number of nitrogens with zero attached hydrogens (tertiary/aromatic N) is 2. The molecule has 4 rings (SSSR count). The molecule has 2 aliphatic rings. The van der Waals surface area contributed by atoms with Crippen LogP contribution >= 0.6 is 11.3 Å². The van der Waals surface area contributed by atoms with Gasteiger partial charge >= 0.3 is 0 Å². The van der Waals surface area contributed by atoms with Gasteiger partial charge in [0.25, 0.3) is 0 Å². The molecule has 0 unspecified atom stereocenters. The Kier molecular flexibility index (Phi) is 3.76. The third-order valence-corrected chi connectivity index (χ3v) is 5.21. The Morgan fingerprint density at radius 2 is 2.10 bits per heavy atom. The van der Waals surface area contributed by atoms with Crippen LogP contribution < -0.4 is 5.32 Å². The zero-order chi connectivity index (χ0) is 14.1. The summed E-state index contributed by atoms with van der Waals surface area (Å²) in [6, 6.07) is 9.57. The molecule has 1 fully saturated rings. The molecule has 2 aromatic rings. The second-order valence-corrected chi connectivity index (χ2v) is 7.06. The van der Waals surface area contributed by atoms with E-state index in [0.717, 1.165) is 38.6 Å². The highest BCUT2D eigenvalue weighted by Crippen LogP contribution is 2.22. The Morgan fingerprint density at radius 1 is 1.24 bits per heavy atom. The molecule has 1 N–H and O–H groups in total. The van der Waals surface area contributed by atoms with Gasteiger partial charge in [0, 0.05) is 37.6 Å². The summed E-state index contributed by atoms with van der Waals surface area (Å²) in [6.07, 6.45) is 3.84. The van der Waals surface area contributed by atoms with Crippen molar-refractivity contribution < 1.29 is 0 Å². The number of hydrogen-bond acceptors (Lipinski definition) is 4. The van der Waals surface area contributed by atoms with Crippen LogP contribution in [0, 0.1) is 0 Å². The molecule has 0 amide bonds. The van der Waals surface area contributed by atoms with Gasteiger partial charge in [-0.05, 0) is 30.4 Å². The minimum atomic E-state index is 0.760. The van der Waals surface area contributed by atoms with Gasteiger partial charge in [-0.3, -0.25) is 4.90 Å². The Bertz CT molecular complexity index is 618. The Balaban J connectivity index is 1.35. The topological polar surface area (TPSA) is 28.2 Å². The van der Waals surface area contributed by atoms with Crippen molar-refractivity contribution in [1.82, 2.24) is 15.2 Å². The summed E-state index contributed by atoms with van der Waals surface area (Å²) in [5, 5.41) is 6.99. The van der Waals surface area contributed by atoms with Crippen LogP contribution in [0.1, 0.15) is 34.7 Å². The molecule has 4 heteroatoms. The Hall–Kier alpha value is -1.23. The quantitative estimate of drug-likeness (QED) is 0.920. The van der Waals surface area contributed by atoms with Crippen molar-refractivity contribution in [3.8, 4) is 0 Å². The van der Waals surface area contributed by atoms with Gasteiger partial charge in [-0.1, -0.05) is 24.3 Å². The van der Waals surface area contributed by atoms with E-state index in [-0.39, 0.29) is 0 Å². The van der Waals surface area contributed by atoms with Crippen LogP contribution in [0.3, 0.4) is 0 Å². The first kappa shape index (κ1) is 13.4. The second kappa shape index (κ2) is 5.87. The molecule has 0 radical (unpaired) electrons. The second-order valence-electron chi connectivity index (χ2n) is 6.12. The van der Waals surface area contributed by atoms with Crippen LogP contribution in [0.4, 0.5) is 0 Å². The van der Waals surface area contributed by atoms with Crippen molar-refractivity contribution in [2.45, 2.75) is 44.9 Å². The SMILES string of the molecule is c1ccc2c(c1)CCN(Cc1csc(CNC3CC3)n1)C2. The fraction of sp³-hybridized carbons (Fsp3) is 0.471. The van der Waals surface area contributed by atoms with Gasteiger partial charge in [0.2, 0.25) is 0 Å². The summed E-state index contributed by atoms with van der Waals surface area (Å²) in [7, 11) is 0. The van der Waals surface area contributed by atoms with Crippen LogP contribution in [0.5, 0.6) is 0 Å². The average molecular weight is 299 g/mol. The molecular formula is C17H21N3S. The average Bonchev–Trinajstić information content (AvgIpc) is 3.25. The van der Waals surface area contributed by atoms with Gasteiger partial charge in [0.15, 0.2) is 0 Å². The van der Waals surface area contributed by atoms with Crippen molar-refractivity contribution in [2.75, 3.05) is 6.54 Å². The van der Waals surface area contributed by atoms with E-state index >= 15 is 0 Å². The molecule has 21 heavy (non-hydrogen) atoms. The van der Waals surface area contributed by atoms with Crippen molar-refractivity contribution in [3.05, 3.63) is 51.5 Å². The summed E-state index contributed by atoms with van der Waals surface area (Å²) in [5.41, 5.74) is 4.22. The lowest BCUT2D eigenvalue weighted by Gasteiger charge is -2.27. The van der Waals surface area contributed by atoms with E-state index in [9.17, 15) is 0 Å². The van der Waals surface area contributed by atoms with Crippen molar-refractivity contribution in [3.63, 3.8) is 0 Å². The lowest BCUT2D eigenvalue weighted by Crippen LogP contribution is -2.30. The number of fused-ring (bicyclic) bond motifs is 1. The Labute approximate surface area is 130 Å². The zero-order valence-corrected chi connectivity index (χ0v) is 13.0. The van der Waals surface area contributed by atoms with E-state index in [1.165, 1.54) is 34.7 Å². The maximum atomic E-state index is 4.77. The molecule has 0 atom stereocenters. The van der Waals surface area contributed by atoms with Crippen molar-refractivity contribution in [1.29, 1.82) is 0 Å². The molecule has 0 saturated heterocycles. The van der Waals surface area contributed by atoms with Crippen LogP contribution in [0.15, 0.2) is 29.6 Å². The van der Waals surface area contributed by atoms with Gasteiger partial charge < -0.3 is 5.32 Å². The monoisotopic (exact) mass is 299 g/mol. The number of hydrogen-bond donors (Lipinski definition) is 1. The molecule has 1 saturated carbocycles. The van der Waals surface area contributed by atoms with Gasteiger partial charge in [-0.2, -0.15) is 0 Å². The summed E-state index contributed by atoms with van der Waals surface area (Å²) in [4.78, 5) is 7.28. The van der Waals surface area contributed by atoms with E-state index in [2.05, 4.69) is 39.9 Å². The highest BCUT2D eigenvalue weighted by atomic mass is 32.1. The molecular weight excluding hydrogens is 278 g/mol. The van der Waals surface area contributed by atoms with Crippen LogP contribution in [-0.4, -0.2) is 22.5 Å². The van der Waals surface area contributed by atoms with E-state index < -0.39 is 0 Å². The molecule has 0 spiro atoms. The minimum absolute atomic E-state index is 0.760.